The molecule has 1 saturated carbocycles. The summed E-state index contributed by atoms with van der Waals surface area (Å²) in [5.41, 5.74) is 4.50. The molecule has 1 aromatic carbocycles. The number of pyridine rings is 1. The number of benzene rings is 1. The molecule has 0 radical (unpaired) electrons. The SMILES string of the molecule is Cc1ccnc(C(NC(=O)c2cc(COS(C)(=O)=O)cc(-c3ccnn3C)c2)C2CC2)c1. The largest absolute Gasteiger partial charge is 0.343 e. The van der Waals surface area contributed by atoms with E-state index >= 15 is 0 Å². The summed E-state index contributed by atoms with van der Waals surface area (Å²) in [6.07, 6.45) is 6.52. The second kappa shape index (κ2) is 8.84. The molecular formula is C23H26N4O4S. The van der Waals surface area contributed by atoms with Crippen LogP contribution in [-0.2, 0) is 28.0 Å². The molecule has 1 fully saturated rings. The maximum absolute atomic E-state index is 13.3. The lowest BCUT2D eigenvalue weighted by atomic mass is 10.0. The molecule has 9 heteroatoms. The highest BCUT2D eigenvalue weighted by atomic mass is 32.2. The number of carbonyl (C=O) groups excluding carboxylic acids is 1. The molecule has 2 aromatic heterocycles. The summed E-state index contributed by atoms with van der Waals surface area (Å²) in [7, 11) is -1.81. The molecule has 4 rings (SSSR count). The Labute approximate surface area is 187 Å². The average Bonchev–Trinajstić information content (AvgIpc) is 3.49. The summed E-state index contributed by atoms with van der Waals surface area (Å²) in [6, 6.07) is 10.8. The molecule has 1 amide bonds. The Balaban J connectivity index is 1.66. The number of aryl methyl sites for hydroxylation is 2. The highest BCUT2D eigenvalue weighted by Crippen LogP contribution is 2.40. The Morgan fingerprint density at radius 3 is 2.62 bits per heavy atom. The average molecular weight is 455 g/mol. The number of aromatic nitrogens is 3. The van der Waals surface area contributed by atoms with Crippen LogP contribution in [0.5, 0.6) is 0 Å². The van der Waals surface area contributed by atoms with Crippen molar-refractivity contribution < 1.29 is 17.4 Å². The zero-order valence-electron chi connectivity index (χ0n) is 18.3. The quantitative estimate of drug-likeness (QED) is 0.525. The molecular weight excluding hydrogens is 428 g/mol. The van der Waals surface area contributed by atoms with E-state index in [4.69, 9.17) is 4.18 Å². The van der Waals surface area contributed by atoms with Crippen LogP contribution in [0.3, 0.4) is 0 Å². The predicted molar refractivity (Wildman–Crippen MR) is 120 cm³/mol. The standard InChI is InChI=1S/C23H26N4O4S/c1-15-6-8-24-20(10-15)22(17-4-5-17)26-23(28)19-12-16(14-31-32(3,29)30)11-18(13-19)21-7-9-25-27(21)2/h6-13,17,22H,4-5,14H2,1-3H3,(H,26,28). The fourth-order valence-corrected chi connectivity index (χ4v) is 4.05. The van der Waals surface area contributed by atoms with Gasteiger partial charge in [-0.3, -0.25) is 18.6 Å². The first-order chi connectivity index (χ1) is 15.2. The van der Waals surface area contributed by atoms with Crippen molar-refractivity contribution in [2.75, 3.05) is 6.26 Å². The van der Waals surface area contributed by atoms with Crippen molar-refractivity contribution in [1.29, 1.82) is 0 Å². The minimum atomic E-state index is -3.62. The maximum Gasteiger partial charge on any atom is 0.264 e. The first-order valence-corrected chi connectivity index (χ1v) is 12.2. The van der Waals surface area contributed by atoms with Crippen LogP contribution in [0.25, 0.3) is 11.3 Å². The van der Waals surface area contributed by atoms with Crippen molar-refractivity contribution in [3.05, 3.63) is 71.2 Å². The van der Waals surface area contributed by atoms with Gasteiger partial charge >= 0.3 is 0 Å². The first kappa shape index (κ1) is 22.2. The highest BCUT2D eigenvalue weighted by molar-refractivity contribution is 7.85. The number of hydrogen-bond donors (Lipinski definition) is 1. The summed E-state index contributed by atoms with van der Waals surface area (Å²) >= 11 is 0. The van der Waals surface area contributed by atoms with Crippen LogP contribution in [0.4, 0.5) is 0 Å². The van der Waals surface area contributed by atoms with Crippen LogP contribution in [-0.4, -0.2) is 35.3 Å². The predicted octanol–water partition coefficient (Wildman–Crippen LogP) is 3.15. The monoisotopic (exact) mass is 454 g/mol. The van der Waals surface area contributed by atoms with Crippen molar-refractivity contribution in [3.8, 4) is 11.3 Å². The Morgan fingerprint density at radius 1 is 1.22 bits per heavy atom. The summed E-state index contributed by atoms with van der Waals surface area (Å²) in [6.45, 7) is 1.85. The summed E-state index contributed by atoms with van der Waals surface area (Å²) in [5.74, 6) is 0.122. The summed E-state index contributed by atoms with van der Waals surface area (Å²) in [5, 5.41) is 7.33. The minimum Gasteiger partial charge on any atom is -0.343 e. The number of rotatable bonds is 8. The highest BCUT2D eigenvalue weighted by Gasteiger charge is 2.34. The zero-order chi connectivity index (χ0) is 22.9. The molecule has 1 unspecified atom stereocenters. The van der Waals surface area contributed by atoms with E-state index in [1.807, 2.05) is 25.1 Å². The van der Waals surface area contributed by atoms with Gasteiger partial charge in [0, 0.05) is 30.6 Å². The Hall–Kier alpha value is -3.04. The van der Waals surface area contributed by atoms with E-state index in [1.54, 1.807) is 42.3 Å². The molecule has 0 saturated heterocycles. The minimum absolute atomic E-state index is 0.156. The fourth-order valence-electron chi connectivity index (χ4n) is 3.70. The molecule has 1 N–H and O–H groups in total. The van der Waals surface area contributed by atoms with Crippen LogP contribution in [0, 0.1) is 12.8 Å². The van der Waals surface area contributed by atoms with Gasteiger partial charge in [-0.2, -0.15) is 13.5 Å². The lowest BCUT2D eigenvalue weighted by molar-refractivity contribution is 0.0930. The summed E-state index contributed by atoms with van der Waals surface area (Å²) < 4.78 is 29.6. The molecule has 168 valence electrons. The van der Waals surface area contributed by atoms with Gasteiger partial charge in [-0.1, -0.05) is 0 Å². The van der Waals surface area contributed by atoms with Gasteiger partial charge in [0.05, 0.1) is 30.3 Å². The molecule has 2 heterocycles. The summed E-state index contributed by atoms with van der Waals surface area (Å²) in [4.78, 5) is 17.8. The van der Waals surface area contributed by atoms with Crippen LogP contribution in [0.2, 0.25) is 0 Å². The number of carbonyl (C=O) groups is 1. The van der Waals surface area contributed by atoms with Crippen molar-refractivity contribution in [1.82, 2.24) is 20.1 Å². The van der Waals surface area contributed by atoms with Crippen LogP contribution in [0.15, 0.2) is 48.8 Å². The van der Waals surface area contributed by atoms with E-state index in [0.717, 1.165) is 41.6 Å². The van der Waals surface area contributed by atoms with Crippen LogP contribution >= 0.6 is 0 Å². The third kappa shape index (κ3) is 5.41. The van der Waals surface area contributed by atoms with E-state index in [0.29, 0.717) is 17.0 Å². The van der Waals surface area contributed by atoms with Crippen molar-refractivity contribution in [3.63, 3.8) is 0 Å². The molecule has 3 aromatic rings. The molecule has 8 nitrogen and oxygen atoms in total. The number of hydrogen-bond acceptors (Lipinski definition) is 6. The second-order valence-electron chi connectivity index (χ2n) is 8.27. The van der Waals surface area contributed by atoms with Crippen LogP contribution in [0.1, 0.15) is 46.1 Å². The van der Waals surface area contributed by atoms with Gasteiger partial charge in [0.25, 0.3) is 16.0 Å². The van der Waals surface area contributed by atoms with Crippen LogP contribution < -0.4 is 5.32 Å². The van der Waals surface area contributed by atoms with E-state index < -0.39 is 10.1 Å². The van der Waals surface area contributed by atoms with E-state index in [-0.39, 0.29) is 18.6 Å². The van der Waals surface area contributed by atoms with Gasteiger partial charge in [0.2, 0.25) is 0 Å². The van der Waals surface area contributed by atoms with E-state index in [2.05, 4.69) is 15.4 Å². The van der Waals surface area contributed by atoms with Gasteiger partial charge in [-0.05, 0) is 73.2 Å². The molecule has 0 bridgehead atoms. The number of nitrogens with zero attached hydrogens (tertiary/aromatic N) is 3. The zero-order valence-corrected chi connectivity index (χ0v) is 19.1. The topological polar surface area (TPSA) is 103 Å². The lowest BCUT2D eigenvalue weighted by Crippen LogP contribution is -2.30. The van der Waals surface area contributed by atoms with Crippen molar-refractivity contribution in [2.45, 2.75) is 32.4 Å². The molecule has 32 heavy (non-hydrogen) atoms. The van der Waals surface area contributed by atoms with Gasteiger partial charge < -0.3 is 5.32 Å². The molecule has 0 aliphatic heterocycles. The van der Waals surface area contributed by atoms with Crippen molar-refractivity contribution >= 4 is 16.0 Å². The Morgan fingerprint density at radius 2 is 2.00 bits per heavy atom. The third-order valence-corrected chi connectivity index (χ3v) is 5.99. The van der Waals surface area contributed by atoms with Gasteiger partial charge in [0.1, 0.15) is 0 Å². The molecule has 0 spiro atoms. The lowest BCUT2D eigenvalue weighted by Gasteiger charge is -2.19. The maximum atomic E-state index is 13.3. The van der Waals surface area contributed by atoms with Gasteiger partial charge in [-0.15, -0.1) is 0 Å². The Bertz CT molecular complexity index is 1250. The normalized spacial score (nSPS) is 14.8. The molecule has 1 aliphatic rings. The van der Waals surface area contributed by atoms with Gasteiger partial charge in [-0.25, -0.2) is 0 Å². The first-order valence-electron chi connectivity index (χ1n) is 10.4. The number of nitrogens with one attached hydrogen (secondary N) is 1. The second-order valence-corrected chi connectivity index (χ2v) is 9.92. The van der Waals surface area contributed by atoms with Crippen molar-refractivity contribution in [2.24, 2.45) is 13.0 Å². The molecule has 1 atom stereocenters. The fraction of sp³-hybridized carbons (Fsp3) is 0.348. The van der Waals surface area contributed by atoms with E-state index in [9.17, 15) is 13.2 Å². The third-order valence-electron chi connectivity index (χ3n) is 5.45. The smallest absolute Gasteiger partial charge is 0.264 e. The van der Waals surface area contributed by atoms with Gasteiger partial charge in [0.15, 0.2) is 0 Å². The number of amides is 1. The van der Waals surface area contributed by atoms with E-state index in [1.165, 1.54) is 0 Å². The Kier molecular flexibility index (Phi) is 6.12. The molecule has 1 aliphatic carbocycles.